The Labute approximate surface area is 131 Å². The molecule has 0 heterocycles. The Balaban J connectivity index is 2.34. The minimum absolute atomic E-state index is 0.540. The molecule has 1 N–H and O–H groups in total. The summed E-state index contributed by atoms with van der Waals surface area (Å²) in [6.07, 6.45) is 8.10. The first-order valence-electron chi connectivity index (χ1n) is 8.36. The van der Waals surface area contributed by atoms with Gasteiger partial charge in [-0.2, -0.15) is 17.0 Å². The number of nitrogens with one attached hydrogen (secondary N) is 1. The first-order chi connectivity index (χ1) is 9.98. The van der Waals surface area contributed by atoms with E-state index in [-0.39, 0.29) is 0 Å². The molecule has 0 unspecified atom stereocenters. The van der Waals surface area contributed by atoms with E-state index >= 15 is 0 Å². The third-order valence-corrected chi connectivity index (χ3v) is 6.19. The third kappa shape index (κ3) is 6.63. The van der Waals surface area contributed by atoms with Gasteiger partial charge in [-0.3, -0.25) is 0 Å². The highest BCUT2D eigenvalue weighted by Crippen LogP contribution is 2.25. The number of hydrogen-bond acceptors (Lipinski definition) is 3. The quantitative estimate of drug-likeness (QED) is 0.627. The number of hydrogen-bond donors (Lipinski definition) is 1. The highest BCUT2D eigenvalue weighted by Gasteiger charge is 2.26. The van der Waals surface area contributed by atoms with Crippen LogP contribution in [-0.2, 0) is 10.2 Å². The molecule has 0 amide bonds. The standard InChI is InChI=1S/C15H33N3O2S/c1-4-11-16-12-8-13-17(2)21(19,20)18(3)14-15-9-6-5-7-10-15/h15-16H,4-14H2,1-3H3. The molecule has 0 spiro atoms. The second kappa shape index (κ2) is 9.77. The van der Waals surface area contributed by atoms with Crippen molar-refractivity contribution in [2.75, 3.05) is 40.3 Å². The maximum atomic E-state index is 12.5. The zero-order valence-electron chi connectivity index (χ0n) is 14.0. The van der Waals surface area contributed by atoms with Crippen LogP contribution in [0.2, 0.25) is 0 Å². The summed E-state index contributed by atoms with van der Waals surface area (Å²) in [5.41, 5.74) is 0. The summed E-state index contributed by atoms with van der Waals surface area (Å²) >= 11 is 0. The molecule has 0 aromatic heterocycles. The molecule has 0 bridgehead atoms. The van der Waals surface area contributed by atoms with Gasteiger partial charge in [-0.25, -0.2) is 0 Å². The van der Waals surface area contributed by atoms with Crippen molar-refractivity contribution in [1.29, 1.82) is 0 Å². The van der Waals surface area contributed by atoms with Crippen LogP contribution in [-0.4, -0.2) is 57.3 Å². The normalized spacial score (nSPS) is 17.8. The Kier molecular flexibility index (Phi) is 8.78. The molecule has 1 rings (SSSR count). The predicted octanol–water partition coefficient (Wildman–Crippen LogP) is 2.06. The molecular weight excluding hydrogens is 286 g/mol. The molecule has 0 aliphatic heterocycles. The van der Waals surface area contributed by atoms with Gasteiger partial charge in [0, 0.05) is 27.2 Å². The minimum Gasteiger partial charge on any atom is -0.317 e. The second-order valence-corrected chi connectivity index (χ2v) is 8.36. The van der Waals surface area contributed by atoms with Crippen LogP contribution in [0.3, 0.4) is 0 Å². The maximum Gasteiger partial charge on any atom is 0.281 e. The van der Waals surface area contributed by atoms with E-state index in [2.05, 4.69) is 12.2 Å². The van der Waals surface area contributed by atoms with Gasteiger partial charge in [0.1, 0.15) is 0 Å². The first kappa shape index (κ1) is 18.9. The topological polar surface area (TPSA) is 52.7 Å². The molecular formula is C15H33N3O2S. The fraction of sp³-hybridized carbons (Fsp3) is 1.00. The van der Waals surface area contributed by atoms with Gasteiger partial charge in [-0.15, -0.1) is 0 Å². The van der Waals surface area contributed by atoms with E-state index in [1.807, 2.05) is 0 Å². The van der Waals surface area contributed by atoms with E-state index in [4.69, 9.17) is 0 Å². The van der Waals surface area contributed by atoms with Gasteiger partial charge >= 0.3 is 0 Å². The van der Waals surface area contributed by atoms with E-state index in [9.17, 15) is 8.42 Å². The Morgan fingerprint density at radius 2 is 1.71 bits per heavy atom. The lowest BCUT2D eigenvalue weighted by Crippen LogP contribution is -2.42. The van der Waals surface area contributed by atoms with Crippen molar-refractivity contribution < 1.29 is 8.42 Å². The molecule has 0 atom stereocenters. The molecule has 1 saturated carbocycles. The summed E-state index contributed by atoms with van der Waals surface area (Å²) in [7, 11) is 0.113. The van der Waals surface area contributed by atoms with Gasteiger partial charge in [0.2, 0.25) is 0 Å². The SMILES string of the molecule is CCCNCCCN(C)S(=O)(=O)N(C)CC1CCCCC1. The van der Waals surface area contributed by atoms with Gasteiger partial charge in [0.25, 0.3) is 10.2 Å². The van der Waals surface area contributed by atoms with E-state index in [1.54, 1.807) is 18.4 Å². The van der Waals surface area contributed by atoms with Crippen LogP contribution in [0.25, 0.3) is 0 Å². The lowest BCUT2D eigenvalue weighted by Gasteiger charge is -2.29. The molecule has 1 fully saturated rings. The minimum atomic E-state index is -3.29. The van der Waals surface area contributed by atoms with Crippen molar-refractivity contribution in [3.05, 3.63) is 0 Å². The van der Waals surface area contributed by atoms with Gasteiger partial charge < -0.3 is 5.32 Å². The van der Waals surface area contributed by atoms with Gasteiger partial charge in [0.05, 0.1) is 0 Å². The summed E-state index contributed by atoms with van der Waals surface area (Å²) in [6.45, 7) is 5.25. The smallest absolute Gasteiger partial charge is 0.281 e. The van der Waals surface area contributed by atoms with Crippen molar-refractivity contribution in [3.8, 4) is 0 Å². The van der Waals surface area contributed by atoms with Crippen LogP contribution >= 0.6 is 0 Å². The maximum absolute atomic E-state index is 12.5. The average Bonchev–Trinajstić information content (AvgIpc) is 2.47. The van der Waals surface area contributed by atoms with Crippen LogP contribution in [0, 0.1) is 5.92 Å². The second-order valence-electron chi connectivity index (χ2n) is 6.22. The molecule has 6 heteroatoms. The third-order valence-electron chi connectivity index (χ3n) is 4.28. The summed E-state index contributed by atoms with van der Waals surface area (Å²) in [4.78, 5) is 0. The summed E-state index contributed by atoms with van der Waals surface area (Å²) < 4.78 is 27.9. The van der Waals surface area contributed by atoms with Gasteiger partial charge in [-0.05, 0) is 44.7 Å². The fourth-order valence-electron chi connectivity index (χ4n) is 2.91. The average molecular weight is 320 g/mol. The van der Waals surface area contributed by atoms with Crippen LogP contribution in [0.4, 0.5) is 0 Å². The van der Waals surface area contributed by atoms with Crippen molar-refractivity contribution >= 4 is 10.2 Å². The number of rotatable bonds is 10. The van der Waals surface area contributed by atoms with Crippen LogP contribution in [0.5, 0.6) is 0 Å². The fourth-order valence-corrected chi connectivity index (χ4v) is 4.14. The number of nitrogens with zero attached hydrogens (tertiary/aromatic N) is 2. The van der Waals surface area contributed by atoms with E-state index in [0.29, 0.717) is 19.0 Å². The zero-order valence-corrected chi connectivity index (χ0v) is 14.8. The Morgan fingerprint density at radius 1 is 1.05 bits per heavy atom. The molecule has 0 radical (unpaired) electrons. The summed E-state index contributed by atoms with van der Waals surface area (Å²) in [5, 5.41) is 3.30. The lowest BCUT2D eigenvalue weighted by atomic mass is 9.89. The molecule has 1 aliphatic rings. The van der Waals surface area contributed by atoms with Crippen molar-refractivity contribution in [3.63, 3.8) is 0 Å². The molecule has 0 aromatic rings. The van der Waals surface area contributed by atoms with Gasteiger partial charge in [-0.1, -0.05) is 26.2 Å². The summed E-state index contributed by atoms with van der Waals surface area (Å²) in [6, 6.07) is 0. The van der Waals surface area contributed by atoms with Crippen LogP contribution in [0.15, 0.2) is 0 Å². The lowest BCUT2D eigenvalue weighted by molar-refractivity contribution is 0.288. The summed E-state index contributed by atoms with van der Waals surface area (Å²) in [5.74, 6) is 0.540. The first-order valence-corrected chi connectivity index (χ1v) is 9.76. The van der Waals surface area contributed by atoms with E-state index in [1.165, 1.54) is 36.4 Å². The van der Waals surface area contributed by atoms with E-state index in [0.717, 1.165) is 25.9 Å². The predicted molar refractivity (Wildman–Crippen MR) is 88.5 cm³/mol. The van der Waals surface area contributed by atoms with Crippen molar-refractivity contribution in [2.24, 2.45) is 5.92 Å². The molecule has 1 aliphatic carbocycles. The van der Waals surface area contributed by atoms with Crippen molar-refractivity contribution in [1.82, 2.24) is 13.9 Å². The Morgan fingerprint density at radius 3 is 2.33 bits per heavy atom. The monoisotopic (exact) mass is 319 g/mol. The molecule has 21 heavy (non-hydrogen) atoms. The van der Waals surface area contributed by atoms with Crippen molar-refractivity contribution in [2.45, 2.75) is 51.9 Å². The van der Waals surface area contributed by atoms with Crippen LogP contribution < -0.4 is 5.32 Å². The zero-order chi connectivity index (χ0) is 15.7. The Bertz CT molecular complexity index is 367. The molecule has 0 aromatic carbocycles. The van der Waals surface area contributed by atoms with Crippen LogP contribution in [0.1, 0.15) is 51.9 Å². The largest absolute Gasteiger partial charge is 0.317 e. The molecule has 0 saturated heterocycles. The molecule has 5 nitrogen and oxygen atoms in total. The molecule has 126 valence electrons. The highest BCUT2D eigenvalue weighted by molar-refractivity contribution is 7.86. The van der Waals surface area contributed by atoms with Gasteiger partial charge in [0.15, 0.2) is 0 Å². The Hall–Kier alpha value is -0.170. The highest BCUT2D eigenvalue weighted by atomic mass is 32.2. The van der Waals surface area contributed by atoms with E-state index < -0.39 is 10.2 Å².